The molecule has 0 aromatic heterocycles. The van der Waals surface area contributed by atoms with Crippen LogP contribution < -0.4 is 5.32 Å². The molecule has 2 aliphatic rings. The zero-order valence-corrected chi connectivity index (χ0v) is 10.8. The van der Waals surface area contributed by atoms with E-state index in [9.17, 15) is 0 Å². The fourth-order valence-electron chi connectivity index (χ4n) is 2.89. The molecule has 90 valence electrons. The molecule has 0 aliphatic heterocycles. The molecule has 1 unspecified atom stereocenters. The summed E-state index contributed by atoms with van der Waals surface area (Å²) in [5.41, 5.74) is 3.15. The second-order valence-corrected chi connectivity index (χ2v) is 5.58. The van der Waals surface area contributed by atoms with Crippen molar-refractivity contribution in [2.24, 2.45) is 5.92 Å². The van der Waals surface area contributed by atoms with Crippen LogP contribution in [-0.2, 0) is 0 Å². The Balaban J connectivity index is 1.86. The number of rotatable bonds is 2. The van der Waals surface area contributed by atoms with Gasteiger partial charge in [0.05, 0.1) is 0 Å². The Labute approximate surface area is 100 Å². The third kappa shape index (κ3) is 3.13. The molecular weight excluding hydrogens is 194 g/mol. The summed E-state index contributed by atoms with van der Waals surface area (Å²) in [4.78, 5) is 0. The largest absolute Gasteiger partial charge is 0.388 e. The number of hydrogen-bond acceptors (Lipinski definition) is 1. The lowest BCUT2D eigenvalue weighted by Gasteiger charge is -2.25. The molecule has 0 saturated heterocycles. The number of allylic oxidation sites excluding steroid dienone is 3. The van der Waals surface area contributed by atoms with Crippen molar-refractivity contribution < 1.29 is 0 Å². The minimum absolute atomic E-state index is 0.737. The van der Waals surface area contributed by atoms with E-state index in [1.54, 1.807) is 11.1 Å². The monoisotopic (exact) mass is 219 g/mol. The van der Waals surface area contributed by atoms with Gasteiger partial charge in [-0.15, -0.1) is 0 Å². The average molecular weight is 219 g/mol. The Kier molecular flexibility index (Phi) is 4.09. The highest BCUT2D eigenvalue weighted by molar-refractivity contribution is 5.20. The van der Waals surface area contributed by atoms with E-state index in [1.165, 1.54) is 38.5 Å². The molecule has 1 fully saturated rings. The molecule has 2 rings (SSSR count). The summed E-state index contributed by atoms with van der Waals surface area (Å²) in [6, 6.07) is 0.750. The van der Waals surface area contributed by atoms with Gasteiger partial charge in [0.15, 0.2) is 0 Å². The van der Waals surface area contributed by atoms with Crippen molar-refractivity contribution in [3.05, 3.63) is 23.4 Å². The Morgan fingerprint density at radius 3 is 2.69 bits per heavy atom. The highest BCUT2D eigenvalue weighted by atomic mass is 14.9. The second-order valence-electron chi connectivity index (χ2n) is 5.58. The fraction of sp³-hybridized carbons (Fsp3) is 0.733. The summed E-state index contributed by atoms with van der Waals surface area (Å²) < 4.78 is 0. The third-order valence-corrected chi connectivity index (χ3v) is 4.06. The van der Waals surface area contributed by atoms with Crippen molar-refractivity contribution in [3.63, 3.8) is 0 Å². The van der Waals surface area contributed by atoms with Crippen LogP contribution in [0.2, 0.25) is 0 Å². The van der Waals surface area contributed by atoms with E-state index >= 15 is 0 Å². The maximum atomic E-state index is 3.65. The molecule has 1 heteroatoms. The first kappa shape index (κ1) is 11.8. The zero-order valence-electron chi connectivity index (χ0n) is 10.8. The summed E-state index contributed by atoms with van der Waals surface area (Å²) in [5, 5.41) is 3.65. The van der Waals surface area contributed by atoms with Gasteiger partial charge in [0.25, 0.3) is 0 Å². The van der Waals surface area contributed by atoms with Crippen LogP contribution >= 0.6 is 0 Å². The molecule has 1 nitrogen and oxygen atoms in total. The summed E-state index contributed by atoms with van der Waals surface area (Å²) in [6.07, 6.45) is 14.1. The maximum Gasteiger partial charge on any atom is 0.0255 e. The Hall–Kier alpha value is -0.720. The Bertz CT molecular complexity index is 282. The minimum Gasteiger partial charge on any atom is -0.388 e. The predicted octanol–water partition coefficient (Wildman–Crippen LogP) is 4.17. The van der Waals surface area contributed by atoms with Crippen LogP contribution in [0.1, 0.15) is 58.8 Å². The molecule has 1 saturated carbocycles. The van der Waals surface area contributed by atoms with Crippen molar-refractivity contribution in [2.45, 2.75) is 64.8 Å². The summed E-state index contributed by atoms with van der Waals surface area (Å²) in [7, 11) is 0. The first-order valence-electron chi connectivity index (χ1n) is 6.86. The van der Waals surface area contributed by atoms with E-state index in [2.05, 4.69) is 31.4 Å². The zero-order chi connectivity index (χ0) is 11.4. The van der Waals surface area contributed by atoms with Gasteiger partial charge in [-0.3, -0.25) is 0 Å². The van der Waals surface area contributed by atoms with Crippen LogP contribution in [0.15, 0.2) is 23.4 Å². The van der Waals surface area contributed by atoms with Crippen molar-refractivity contribution in [3.8, 4) is 0 Å². The predicted molar refractivity (Wildman–Crippen MR) is 70.2 cm³/mol. The standard InChI is InChI=1S/C15H25N/c1-12-8-9-14(13(2)10-12)11-16-15-6-4-3-5-7-15/h8,11,13,15-16H,3-7,9-10H2,1-2H3. The van der Waals surface area contributed by atoms with Crippen molar-refractivity contribution in [2.75, 3.05) is 0 Å². The molecule has 0 bridgehead atoms. The van der Waals surface area contributed by atoms with E-state index in [0.29, 0.717) is 0 Å². The molecule has 0 spiro atoms. The molecule has 2 aliphatic carbocycles. The van der Waals surface area contributed by atoms with Crippen LogP contribution in [-0.4, -0.2) is 6.04 Å². The van der Waals surface area contributed by atoms with Gasteiger partial charge in [0.1, 0.15) is 0 Å². The van der Waals surface area contributed by atoms with Gasteiger partial charge >= 0.3 is 0 Å². The first-order chi connectivity index (χ1) is 7.75. The highest BCUT2D eigenvalue weighted by Crippen LogP contribution is 2.28. The van der Waals surface area contributed by atoms with Crippen molar-refractivity contribution in [1.29, 1.82) is 0 Å². The van der Waals surface area contributed by atoms with Crippen LogP contribution in [0.25, 0.3) is 0 Å². The van der Waals surface area contributed by atoms with Gasteiger partial charge in [-0.2, -0.15) is 0 Å². The third-order valence-electron chi connectivity index (χ3n) is 4.06. The topological polar surface area (TPSA) is 12.0 Å². The summed E-state index contributed by atoms with van der Waals surface area (Å²) in [6.45, 7) is 4.60. The fourth-order valence-corrected chi connectivity index (χ4v) is 2.89. The molecule has 16 heavy (non-hydrogen) atoms. The van der Waals surface area contributed by atoms with Gasteiger partial charge in [0.2, 0.25) is 0 Å². The van der Waals surface area contributed by atoms with Crippen molar-refractivity contribution >= 4 is 0 Å². The van der Waals surface area contributed by atoms with Crippen LogP contribution in [0.5, 0.6) is 0 Å². The lowest BCUT2D eigenvalue weighted by Crippen LogP contribution is -2.27. The molecule has 0 radical (unpaired) electrons. The quantitative estimate of drug-likeness (QED) is 0.687. The van der Waals surface area contributed by atoms with E-state index in [-0.39, 0.29) is 0 Å². The lowest BCUT2D eigenvalue weighted by molar-refractivity contribution is 0.402. The van der Waals surface area contributed by atoms with Gasteiger partial charge in [-0.25, -0.2) is 0 Å². The van der Waals surface area contributed by atoms with Crippen molar-refractivity contribution in [1.82, 2.24) is 5.32 Å². The van der Waals surface area contributed by atoms with Gasteiger partial charge in [-0.05, 0) is 50.3 Å². The first-order valence-corrected chi connectivity index (χ1v) is 6.86. The molecule has 1 atom stereocenters. The minimum atomic E-state index is 0.737. The number of nitrogens with one attached hydrogen (secondary N) is 1. The highest BCUT2D eigenvalue weighted by Gasteiger charge is 2.15. The maximum absolute atomic E-state index is 3.65. The molecule has 0 aromatic carbocycles. The molecule has 1 N–H and O–H groups in total. The normalized spacial score (nSPS) is 30.2. The van der Waals surface area contributed by atoms with Gasteiger partial charge in [-0.1, -0.05) is 37.8 Å². The summed E-state index contributed by atoms with van der Waals surface area (Å²) >= 11 is 0. The van der Waals surface area contributed by atoms with Crippen LogP contribution in [0.4, 0.5) is 0 Å². The van der Waals surface area contributed by atoms with Gasteiger partial charge in [0, 0.05) is 6.04 Å². The van der Waals surface area contributed by atoms with E-state index in [1.807, 2.05) is 0 Å². The SMILES string of the molecule is CC1=CCC(=CNC2CCCCC2)C(C)C1. The van der Waals surface area contributed by atoms with E-state index in [0.717, 1.165) is 18.4 Å². The van der Waals surface area contributed by atoms with Crippen LogP contribution in [0, 0.1) is 5.92 Å². The average Bonchev–Trinajstić information content (AvgIpc) is 2.29. The van der Waals surface area contributed by atoms with E-state index < -0.39 is 0 Å². The molecule has 0 aromatic rings. The van der Waals surface area contributed by atoms with Crippen LogP contribution in [0.3, 0.4) is 0 Å². The molecule has 0 heterocycles. The second kappa shape index (κ2) is 5.56. The molecule has 0 amide bonds. The lowest BCUT2D eigenvalue weighted by atomic mass is 9.86. The number of hydrogen-bond donors (Lipinski definition) is 1. The smallest absolute Gasteiger partial charge is 0.0255 e. The van der Waals surface area contributed by atoms with Gasteiger partial charge < -0.3 is 5.32 Å². The summed E-state index contributed by atoms with van der Waals surface area (Å²) in [5.74, 6) is 0.737. The van der Waals surface area contributed by atoms with E-state index in [4.69, 9.17) is 0 Å². The Morgan fingerprint density at radius 1 is 1.25 bits per heavy atom. The molecular formula is C15H25N. The Morgan fingerprint density at radius 2 is 2.00 bits per heavy atom.